The fourth-order valence-corrected chi connectivity index (χ4v) is 5.11. The number of amides is 1. The molecular formula is C26H31Cl2N3O3. The smallest absolute Gasteiger partial charge is 0.225 e. The van der Waals surface area contributed by atoms with E-state index in [0.717, 1.165) is 44.6 Å². The molecule has 2 unspecified atom stereocenters. The van der Waals surface area contributed by atoms with Crippen molar-refractivity contribution in [2.45, 2.75) is 31.4 Å². The number of rotatable bonds is 9. The molecule has 4 rings (SSSR count). The van der Waals surface area contributed by atoms with Gasteiger partial charge < -0.3 is 25.0 Å². The Bertz CT molecular complexity index is 995. The number of anilines is 1. The van der Waals surface area contributed by atoms with Gasteiger partial charge in [0.15, 0.2) is 0 Å². The highest BCUT2D eigenvalue weighted by atomic mass is 35.5. The second kappa shape index (κ2) is 11.5. The minimum atomic E-state index is -0.895. The fourth-order valence-electron chi connectivity index (χ4n) is 4.75. The van der Waals surface area contributed by atoms with E-state index in [4.69, 9.17) is 27.9 Å². The molecule has 0 aliphatic carbocycles. The van der Waals surface area contributed by atoms with Crippen LogP contribution in [0.5, 0.6) is 5.75 Å². The zero-order valence-corrected chi connectivity index (χ0v) is 20.6. The lowest BCUT2D eigenvalue weighted by atomic mass is 10.00. The van der Waals surface area contributed by atoms with E-state index in [2.05, 4.69) is 21.7 Å². The summed E-state index contributed by atoms with van der Waals surface area (Å²) in [5.74, 6) is 0.300. The first kappa shape index (κ1) is 24.9. The van der Waals surface area contributed by atoms with Crippen LogP contribution in [-0.4, -0.2) is 54.7 Å². The highest BCUT2D eigenvalue weighted by molar-refractivity contribution is 6.32. The Labute approximate surface area is 211 Å². The maximum absolute atomic E-state index is 13.3. The fraction of sp³-hybridized carbons (Fsp3) is 0.423. The first-order valence-corrected chi connectivity index (χ1v) is 12.5. The first-order valence-electron chi connectivity index (χ1n) is 11.7. The Morgan fingerprint density at radius 3 is 2.59 bits per heavy atom. The minimum absolute atomic E-state index is 0.0302. The maximum atomic E-state index is 13.3. The van der Waals surface area contributed by atoms with E-state index in [1.807, 2.05) is 24.3 Å². The van der Waals surface area contributed by atoms with Gasteiger partial charge in [-0.25, -0.2) is 0 Å². The van der Waals surface area contributed by atoms with Gasteiger partial charge in [0.1, 0.15) is 11.9 Å². The Kier molecular flexibility index (Phi) is 8.37. The van der Waals surface area contributed by atoms with Gasteiger partial charge in [0, 0.05) is 30.3 Å². The van der Waals surface area contributed by atoms with Crippen LogP contribution in [0, 0.1) is 5.92 Å². The average Bonchev–Trinajstić information content (AvgIpc) is 3.53. The molecule has 2 aromatic carbocycles. The van der Waals surface area contributed by atoms with Crippen LogP contribution in [0.2, 0.25) is 10.0 Å². The summed E-state index contributed by atoms with van der Waals surface area (Å²) in [6.45, 7) is 7.52. The molecule has 34 heavy (non-hydrogen) atoms. The number of likely N-dealkylation sites (tertiary alicyclic amines) is 1. The molecule has 1 amide bonds. The van der Waals surface area contributed by atoms with Crippen LogP contribution >= 0.6 is 23.2 Å². The number of nitrogens with one attached hydrogen (secondary N) is 1. The standard InChI is InChI=1S/C26H31Cl2N3O3/c1-2-34-24-10-5-18(15-22(24)28)25(32)23(17-30-12-3-4-13-30)29-26(33)19-11-14-31(16-19)21-8-6-20(27)7-9-21/h2,5-10,15,19,23,25,32H,1,3-4,11-14,16-17H2,(H,29,33)/t19-,23?,25?/m1/s1. The molecule has 0 spiro atoms. The molecule has 0 saturated carbocycles. The second-order valence-corrected chi connectivity index (χ2v) is 9.79. The molecule has 0 radical (unpaired) electrons. The number of carbonyl (C=O) groups is 1. The van der Waals surface area contributed by atoms with Crippen molar-refractivity contribution >= 4 is 34.8 Å². The molecule has 2 aliphatic rings. The predicted octanol–water partition coefficient (Wildman–Crippen LogP) is 4.66. The number of benzene rings is 2. The van der Waals surface area contributed by atoms with Crippen LogP contribution in [0.15, 0.2) is 55.3 Å². The minimum Gasteiger partial charge on any atom is -0.464 e. The van der Waals surface area contributed by atoms with Crippen molar-refractivity contribution in [1.82, 2.24) is 10.2 Å². The lowest BCUT2D eigenvalue weighted by Crippen LogP contribution is -2.48. The summed E-state index contributed by atoms with van der Waals surface area (Å²) in [5.41, 5.74) is 1.70. The zero-order chi connectivity index (χ0) is 24.1. The quantitative estimate of drug-likeness (QED) is 0.487. The number of hydrogen-bond acceptors (Lipinski definition) is 5. The lowest BCUT2D eigenvalue weighted by molar-refractivity contribution is -0.126. The van der Waals surface area contributed by atoms with Gasteiger partial charge in [-0.05, 0) is 74.3 Å². The number of nitrogens with zero attached hydrogens (tertiary/aromatic N) is 2. The molecule has 6 nitrogen and oxygen atoms in total. The molecule has 2 saturated heterocycles. The Hall–Kier alpha value is -2.25. The summed E-state index contributed by atoms with van der Waals surface area (Å²) < 4.78 is 5.28. The predicted molar refractivity (Wildman–Crippen MR) is 137 cm³/mol. The van der Waals surface area contributed by atoms with Gasteiger partial charge in [0.05, 0.1) is 23.2 Å². The third-order valence-corrected chi connectivity index (χ3v) is 7.17. The van der Waals surface area contributed by atoms with Crippen LogP contribution in [0.1, 0.15) is 30.9 Å². The first-order chi connectivity index (χ1) is 16.4. The molecule has 2 fully saturated rings. The molecule has 2 aliphatic heterocycles. The maximum Gasteiger partial charge on any atom is 0.225 e. The molecular weight excluding hydrogens is 473 g/mol. The third kappa shape index (κ3) is 6.05. The van der Waals surface area contributed by atoms with Crippen molar-refractivity contribution in [1.29, 1.82) is 0 Å². The zero-order valence-electron chi connectivity index (χ0n) is 19.1. The van der Waals surface area contributed by atoms with Gasteiger partial charge in [-0.15, -0.1) is 0 Å². The van der Waals surface area contributed by atoms with Gasteiger partial charge >= 0.3 is 0 Å². The monoisotopic (exact) mass is 503 g/mol. The highest BCUT2D eigenvalue weighted by Gasteiger charge is 2.33. The van der Waals surface area contributed by atoms with E-state index in [1.165, 1.54) is 6.26 Å². The van der Waals surface area contributed by atoms with E-state index in [9.17, 15) is 9.90 Å². The molecule has 182 valence electrons. The summed E-state index contributed by atoms with van der Waals surface area (Å²) in [4.78, 5) is 17.7. The van der Waals surface area contributed by atoms with E-state index in [-0.39, 0.29) is 11.8 Å². The average molecular weight is 504 g/mol. The van der Waals surface area contributed by atoms with Crippen molar-refractivity contribution in [2.24, 2.45) is 5.92 Å². The van der Waals surface area contributed by atoms with Gasteiger partial charge in [0.25, 0.3) is 0 Å². The number of aliphatic hydroxyl groups is 1. The van der Waals surface area contributed by atoms with Crippen LogP contribution in [0.3, 0.4) is 0 Å². The lowest BCUT2D eigenvalue weighted by Gasteiger charge is -2.30. The van der Waals surface area contributed by atoms with Crippen molar-refractivity contribution in [3.05, 3.63) is 70.9 Å². The molecule has 0 bridgehead atoms. The van der Waals surface area contributed by atoms with Gasteiger partial charge in [-0.1, -0.05) is 35.8 Å². The van der Waals surface area contributed by atoms with Crippen LogP contribution in [-0.2, 0) is 4.79 Å². The van der Waals surface area contributed by atoms with Crippen LogP contribution in [0.4, 0.5) is 5.69 Å². The van der Waals surface area contributed by atoms with Crippen molar-refractivity contribution < 1.29 is 14.6 Å². The highest BCUT2D eigenvalue weighted by Crippen LogP contribution is 2.30. The number of ether oxygens (including phenoxy) is 1. The van der Waals surface area contributed by atoms with E-state index in [1.54, 1.807) is 18.2 Å². The SMILES string of the molecule is C=COc1ccc(C(O)C(CN2CCCC2)NC(=O)[C@@H]2CCN(c3ccc(Cl)cc3)C2)cc1Cl. The van der Waals surface area contributed by atoms with E-state index in [0.29, 0.717) is 34.4 Å². The Morgan fingerprint density at radius 1 is 1.18 bits per heavy atom. The Balaban J connectivity index is 1.45. The van der Waals surface area contributed by atoms with Gasteiger partial charge in [0.2, 0.25) is 5.91 Å². The van der Waals surface area contributed by atoms with Crippen molar-refractivity contribution in [3.63, 3.8) is 0 Å². The van der Waals surface area contributed by atoms with Crippen LogP contribution in [0.25, 0.3) is 0 Å². The topological polar surface area (TPSA) is 65.0 Å². The Morgan fingerprint density at radius 2 is 1.91 bits per heavy atom. The van der Waals surface area contributed by atoms with Crippen LogP contribution < -0.4 is 15.0 Å². The third-order valence-electron chi connectivity index (χ3n) is 6.62. The summed E-state index contributed by atoms with van der Waals surface area (Å²) in [6, 6.07) is 12.4. The summed E-state index contributed by atoms with van der Waals surface area (Å²) in [6.07, 6.45) is 3.45. The number of carbonyl (C=O) groups excluding carboxylic acids is 1. The van der Waals surface area contributed by atoms with Crippen molar-refractivity contribution in [2.75, 3.05) is 37.6 Å². The largest absolute Gasteiger partial charge is 0.464 e. The molecule has 0 aromatic heterocycles. The normalized spacial score (nSPS) is 20.2. The second-order valence-electron chi connectivity index (χ2n) is 8.95. The molecule has 2 heterocycles. The number of hydrogen-bond donors (Lipinski definition) is 2. The van der Waals surface area contributed by atoms with Crippen molar-refractivity contribution in [3.8, 4) is 5.75 Å². The van der Waals surface area contributed by atoms with E-state index < -0.39 is 12.1 Å². The van der Waals surface area contributed by atoms with Gasteiger partial charge in [-0.3, -0.25) is 4.79 Å². The molecule has 3 atom stereocenters. The number of halogens is 2. The molecule has 2 N–H and O–H groups in total. The molecule has 8 heteroatoms. The number of aliphatic hydroxyl groups excluding tert-OH is 1. The van der Waals surface area contributed by atoms with E-state index >= 15 is 0 Å². The molecule has 2 aromatic rings. The summed E-state index contributed by atoms with van der Waals surface area (Å²) in [7, 11) is 0. The van der Waals surface area contributed by atoms with Gasteiger partial charge in [-0.2, -0.15) is 0 Å². The summed E-state index contributed by atoms with van der Waals surface area (Å²) >= 11 is 12.3. The summed E-state index contributed by atoms with van der Waals surface area (Å²) in [5, 5.41) is 15.5.